The first-order valence-corrected chi connectivity index (χ1v) is 5.79. The lowest BCUT2D eigenvalue weighted by atomic mass is 9.75. The Kier molecular flexibility index (Phi) is 5.05. The molecule has 0 aliphatic rings. The van der Waals surface area contributed by atoms with E-state index in [1.807, 2.05) is 0 Å². The fourth-order valence-electron chi connectivity index (χ4n) is 1.74. The Morgan fingerprint density at radius 3 is 1.65 bits per heavy atom. The third-order valence-corrected chi connectivity index (χ3v) is 2.82. The first kappa shape index (κ1) is 15.8. The third kappa shape index (κ3) is 4.29. The Morgan fingerprint density at radius 1 is 1.00 bits per heavy atom. The van der Waals surface area contributed by atoms with E-state index in [9.17, 15) is 14.4 Å². The molecule has 0 aromatic rings. The molecule has 0 amide bonds. The van der Waals surface area contributed by atoms with Gasteiger partial charge in [-0.3, -0.25) is 14.4 Å². The van der Waals surface area contributed by atoms with Crippen LogP contribution < -0.4 is 0 Å². The summed E-state index contributed by atoms with van der Waals surface area (Å²) in [4.78, 5) is 34.9. The Morgan fingerprint density at radius 2 is 1.41 bits per heavy atom. The minimum atomic E-state index is -1.22. The molecule has 0 unspecified atom stereocenters. The molecule has 4 heteroatoms. The molecule has 0 saturated heterocycles. The highest BCUT2D eigenvalue weighted by molar-refractivity contribution is 6.07. The van der Waals surface area contributed by atoms with Gasteiger partial charge < -0.3 is 4.74 Å². The van der Waals surface area contributed by atoms with Gasteiger partial charge in [0.1, 0.15) is 17.2 Å². The molecule has 0 aliphatic carbocycles. The monoisotopic (exact) mass is 242 g/mol. The van der Waals surface area contributed by atoms with Crippen molar-refractivity contribution in [1.29, 1.82) is 0 Å². The molecule has 0 fully saturated rings. The summed E-state index contributed by atoms with van der Waals surface area (Å²) in [5.41, 5.74) is -1.83. The zero-order valence-corrected chi connectivity index (χ0v) is 11.5. The van der Waals surface area contributed by atoms with E-state index in [2.05, 4.69) is 0 Å². The van der Waals surface area contributed by atoms with E-state index >= 15 is 0 Å². The highest BCUT2D eigenvalue weighted by Crippen LogP contribution is 2.30. The first-order chi connectivity index (χ1) is 7.55. The summed E-state index contributed by atoms with van der Waals surface area (Å²) in [5, 5.41) is 0. The van der Waals surface area contributed by atoms with Crippen molar-refractivity contribution in [2.45, 2.75) is 60.0 Å². The minimum Gasteiger partial charge on any atom is -0.460 e. The molecule has 4 nitrogen and oxygen atoms in total. The van der Waals surface area contributed by atoms with Gasteiger partial charge in [0.05, 0.1) is 11.8 Å². The molecule has 17 heavy (non-hydrogen) atoms. The molecule has 0 saturated carbocycles. The van der Waals surface area contributed by atoms with Crippen LogP contribution in [-0.2, 0) is 19.1 Å². The van der Waals surface area contributed by atoms with Crippen LogP contribution in [0.1, 0.15) is 54.4 Å². The van der Waals surface area contributed by atoms with Gasteiger partial charge in [-0.2, -0.15) is 0 Å². The van der Waals surface area contributed by atoms with E-state index in [1.165, 1.54) is 13.8 Å². The Balaban J connectivity index is 4.96. The van der Waals surface area contributed by atoms with Gasteiger partial charge in [-0.05, 0) is 41.0 Å². The number of carbonyl (C=O) groups excluding carboxylic acids is 3. The van der Waals surface area contributed by atoms with Crippen LogP contribution in [0.4, 0.5) is 0 Å². The zero-order chi connectivity index (χ0) is 13.9. The summed E-state index contributed by atoms with van der Waals surface area (Å²) in [6.45, 7) is 9.66. The lowest BCUT2D eigenvalue weighted by Gasteiger charge is -2.28. The van der Waals surface area contributed by atoms with Gasteiger partial charge in [0, 0.05) is 0 Å². The molecule has 0 heterocycles. The topological polar surface area (TPSA) is 60.4 Å². The SMILES string of the molecule is CCC(CC(=O)OC(C)(C)C)(C(C)=O)C(C)=O. The van der Waals surface area contributed by atoms with Gasteiger partial charge in [-0.1, -0.05) is 6.92 Å². The largest absolute Gasteiger partial charge is 0.460 e. The lowest BCUT2D eigenvalue weighted by molar-refractivity contribution is -0.162. The highest BCUT2D eigenvalue weighted by atomic mass is 16.6. The van der Waals surface area contributed by atoms with Gasteiger partial charge in [0.2, 0.25) is 0 Å². The van der Waals surface area contributed by atoms with E-state index < -0.39 is 17.0 Å². The fourth-order valence-corrected chi connectivity index (χ4v) is 1.74. The number of carbonyl (C=O) groups is 3. The summed E-state index contributed by atoms with van der Waals surface area (Å²) < 4.78 is 5.15. The molecular weight excluding hydrogens is 220 g/mol. The van der Waals surface area contributed by atoms with Crippen LogP contribution in [0, 0.1) is 5.41 Å². The normalized spacial score (nSPS) is 12.1. The number of Topliss-reactive ketones (excluding diaryl/α,β-unsaturated/α-hetero) is 2. The maximum absolute atomic E-state index is 11.7. The number of hydrogen-bond acceptors (Lipinski definition) is 4. The second-order valence-corrected chi connectivity index (χ2v) is 5.31. The summed E-state index contributed by atoms with van der Waals surface area (Å²) in [7, 11) is 0. The van der Waals surface area contributed by atoms with Crippen molar-refractivity contribution in [1.82, 2.24) is 0 Å². The molecule has 0 rings (SSSR count). The van der Waals surface area contributed by atoms with E-state index in [1.54, 1.807) is 27.7 Å². The van der Waals surface area contributed by atoms with E-state index in [0.29, 0.717) is 6.42 Å². The summed E-state index contributed by atoms with van der Waals surface area (Å²) in [6.07, 6.45) is 0.141. The number of hydrogen-bond donors (Lipinski definition) is 0. The lowest BCUT2D eigenvalue weighted by Crippen LogP contribution is -2.40. The fraction of sp³-hybridized carbons (Fsp3) is 0.769. The van der Waals surface area contributed by atoms with E-state index in [4.69, 9.17) is 4.74 Å². The average Bonchev–Trinajstić information content (AvgIpc) is 2.09. The number of ether oxygens (including phenoxy) is 1. The molecule has 0 aliphatic heterocycles. The Hall–Kier alpha value is -1.19. The average molecular weight is 242 g/mol. The van der Waals surface area contributed by atoms with Gasteiger partial charge >= 0.3 is 5.97 Å². The predicted molar refractivity (Wildman–Crippen MR) is 64.5 cm³/mol. The second-order valence-electron chi connectivity index (χ2n) is 5.31. The van der Waals surface area contributed by atoms with Gasteiger partial charge in [-0.15, -0.1) is 0 Å². The Bertz CT molecular complexity index is 309. The summed E-state index contributed by atoms with van der Waals surface area (Å²) in [6, 6.07) is 0. The molecule has 0 aromatic carbocycles. The number of rotatable bonds is 5. The van der Waals surface area contributed by atoms with Crippen molar-refractivity contribution in [3.05, 3.63) is 0 Å². The van der Waals surface area contributed by atoms with E-state index in [-0.39, 0.29) is 18.0 Å². The third-order valence-electron chi connectivity index (χ3n) is 2.82. The van der Waals surface area contributed by atoms with Crippen LogP contribution in [-0.4, -0.2) is 23.1 Å². The van der Waals surface area contributed by atoms with Crippen molar-refractivity contribution < 1.29 is 19.1 Å². The van der Waals surface area contributed by atoms with Crippen molar-refractivity contribution in [3.63, 3.8) is 0 Å². The molecular formula is C13H22O4. The van der Waals surface area contributed by atoms with Crippen molar-refractivity contribution in [2.24, 2.45) is 5.41 Å². The smallest absolute Gasteiger partial charge is 0.307 e. The number of esters is 1. The summed E-state index contributed by atoms with van der Waals surface area (Å²) in [5.74, 6) is -1.07. The van der Waals surface area contributed by atoms with Gasteiger partial charge in [-0.25, -0.2) is 0 Å². The molecule has 98 valence electrons. The maximum Gasteiger partial charge on any atom is 0.307 e. The number of ketones is 2. The van der Waals surface area contributed by atoms with E-state index in [0.717, 1.165) is 0 Å². The van der Waals surface area contributed by atoms with Crippen LogP contribution in [0.25, 0.3) is 0 Å². The van der Waals surface area contributed by atoms with Crippen LogP contribution >= 0.6 is 0 Å². The second kappa shape index (κ2) is 5.43. The molecule has 0 aromatic heterocycles. The molecule has 0 atom stereocenters. The molecule has 0 N–H and O–H groups in total. The van der Waals surface area contributed by atoms with Crippen LogP contribution in [0.3, 0.4) is 0 Å². The Labute approximate surface area is 103 Å². The standard InChI is InChI=1S/C13H22O4/c1-7-13(9(2)14,10(3)15)8-11(16)17-12(4,5)6/h7-8H2,1-6H3. The predicted octanol–water partition coefficient (Wildman–Crippen LogP) is 2.29. The van der Waals surface area contributed by atoms with Crippen molar-refractivity contribution >= 4 is 17.5 Å². The molecule has 0 bridgehead atoms. The zero-order valence-electron chi connectivity index (χ0n) is 11.5. The highest BCUT2D eigenvalue weighted by Gasteiger charge is 2.41. The minimum absolute atomic E-state index is 0.175. The maximum atomic E-state index is 11.7. The first-order valence-electron chi connectivity index (χ1n) is 5.79. The van der Waals surface area contributed by atoms with Crippen LogP contribution in [0.15, 0.2) is 0 Å². The summed E-state index contributed by atoms with van der Waals surface area (Å²) >= 11 is 0. The van der Waals surface area contributed by atoms with Crippen LogP contribution in [0.2, 0.25) is 0 Å². The van der Waals surface area contributed by atoms with Crippen molar-refractivity contribution in [2.75, 3.05) is 0 Å². The van der Waals surface area contributed by atoms with Crippen LogP contribution in [0.5, 0.6) is 0 Å². The van der Waals surface area contributed by atoms with Gasteiger partial charge in [0.25, 0.3) is 0 Å². The molecule has 0 radical (unpaired) electrons. The van der Waals surface area contributed by atoms with Crippen molar-refractivity contribution in [3.8, 4) is 0 Å². The molecule has 0 spiro atoms. The quantitative estimate of drug-likeness (QED) is 0.548. The van der Waals surface area contributed by atoms with Gasteiger partial charge in [0.15, 0.2) is 0 Å².